The van der Waals surface area contributed by atoms with Crippen molar-refractivity contribution < 1.29 is 0 Å². The molecular formula is C17H14N2. The highest BCUT2D eigenvalue weighted by molar-refractivity contribution is 6.09. The summed E-state index contributed by atoms with van der Waals surface area (Å²) in [6, 6.07) is 21.9. The lowest BCUT2D eigenvalue weighted by Crippen LogP contribution is -1.90. The molecule has 0 saturated carbocycles. The van der Waals surface area contributed by atoms with Gasteiger partial charge in [0.2, 0.25) is 0 Å². The van der Waals surface area contributed by atoms with Gasteiger partial charge in [0, 0.05) is 0 Å². The molecular weight excluding hydrogens is 232 g/mol. The van der Waals surface area contributed by atoms with Gasteiger partial charge in [0.15, 0.2) is 0 Å². The first-order chi connectivity index (χ1) is 9.38. The van der Waals surface area contributed by atoms with Crippen molar-refractivity contribution in [1.82, 2.24) is 0 Å². The van der Waals surface area contributed by atoms with Crippen LogP contribution in [0.15, 0.2) is 71.7 Å². The molecule has 0 spiro atoms. The summed E-state index contributed by atoms with van der Waals surface area (Å²) in [5.41, 5.74) is 2.60. The Morgan fingerprint density at radius 2 is 1.63 bits per heavy atom. The van der Waals surface area contributed by atoms with E-state index in [1.807, 2.05) is 66.7 Å². The minimum Gasteiger partial charge on any atom is -0.269 e. The van der Waals surface area contributed by atoms with E-state index < -0.39 is 0 Å². The molecule has 2 nitrogen and oxygen atoms in total. The fourth-order valence-corrected chi connectivity index (χ4v) is 1.62. The topological polar surface area (TPSA) is 36.1 Å². The van der Waals surface area contributed by atoms with Crippen molar-refractivity contribution in [2.75, 3.05) is 0 Å². The number of hydrogen-bond acceptors (Lipinski definition) is 2. The van der Waals surface area contributed by atoms with Gasteiger partial charge in [0.05, 0.1) is 6.54 Å². The van der Waals surface area contributed by atoms with Gasteiger partial charge in [0.1, 0.15) is 11.8 Å². The predicted octanol–water partition coefficient (Wildman–Crippen LogP) is 3.86. The van der Waals surface area contributed by atoms with Crippen LogP contribution in [0.2, 0.25) is 0 Å². The van der Waals surface area contributed by atoms with E-state index in [9.17, 15) is 0 Å². The number of aliphatic imine (C=N–C) groups is 1. The van der Waals surface area contributed by atoms with Gasteiger partial charge in [-0.2, -0.15) is 5.26 Å². The molecule has 0 aromatic heterocycles. The van der Waals surface area contributed by atoms with Crippen molar-refractivity contribution in [2.45, 2.75) is 6.54 Å². The predicted molar refractivity (Wildman–Crippen MR) is 78.7 cm³/mol. The van der Waals surface area contributed by atoms with Gasteiger partial charge >= 0.3 is 0 Å². The van der Waals surface area contributed by atoms with Gasteiger partial charge < -0.3 is 0 Å². The number of nitrogens with zero attached hydrogens (tertiary/aromatic N) is 2. The van der Waals surface area contributed by atoms with Crippen molar-refractivity contribution in [1.29, 1.82) is 5.26 Å². The molecule has 19 heavy (non-hydrogen) atoms. The molecule has 0 heterocycles. The number of rotatable bonds is 4. The highest BCUT2D eigenvalue weighted by atomic mass is 14.7. The average Bonchev–Trinajstić information content (AvgIpc) is 2.49. The quantitative estimate of drug-likeness (QED) is 0.754. The first kappa shape index (κ1) is 12.8. The zero-order valence-electron chi connectivity index (χ0n) is 10.5. The molecule has 0 radical (unpaired) electrons. The van der Waals surface area contributed by atoms with Crippen molar-refractivity contribution in [3.63, 3.8) is 0 Å². The average molecular weight is 246 g/mol. The van der Waals surface area contributed by atoms with E-state index in [4.69, 9.17) is 5.26 Å². The Morgan fingerprint density at radius 3 is 2.26 bits per heavy atom. The van der Waals surface area contributed by atoms with Gasteiger partial charge in [-0.25, -0.2) is 0 Å². The minimum atomic E-state index is 0.438. The summed E-state index contributed by atoms with van der Waals surface area (Å²) >= 11 is 0. The Balaban J connectivity index is 2.05. The van der Waals surface area contributed by atoms with Crippen molar-refractivity contribution in [2.24, 2.45) is 4.99 Å². The van der Waals surface area contributed by atoms with Crippen LogP contribution in [-0.2, 0) is 6.54 Å². The number of allylic oxidation sites excluding steroid dienone is 1. The Hall–Kier alpha value is -2.66. The summed E-state index contributed by atoms with van der Waals surface area (Å²) in [4.78, 5) is 4.30. The van der Waals surface area contributed by atoms with Crippen LogP contribution in [0.1, 0.15) is 11.1 Å². The van der Waals surface area contributed by atoms with Crippen molar-refractivity contribution in [3.8, 4) is 6.07 Å². The molecule has 0 atom stereocenters. The lowest BCUT2D eigenvalue weighted by Gasteiger charge is -1.95. The third-order valence-electron chi connectivity index (χ3n) is 2.62. The summed E-state index contributed by atoms with van der Waals surface area (Å²) in [6.45, 7) is 0.531. The molecule has 2 rings (SSSR count). The zero-order chi connectivity index (χ0) is 13.3. The van der Waals surface area contributed by atoms with Gasteiger partial charge in [-0.1, -0.05) is 66.7 Å². The SMILES string of the molecule is N#CC(/C=C/c1ccccc1)=NCc1ccccc1. The van der Waals surface area contributed by atoms with Gasteiger partial charge in [-0.15, -0.1) is 0 Å². The summed E-state index contributed by atoms with van der Waals surface area (Å²) in [5, 5.41) is 9.05. The summed E-state index contributed by atoms with van der Waals surface area (Å²) < 4.78 is 0. The highest BCUT2D eigenvalue weighted by Gasteiger charge is 1.93. The first-order valence-electron chi connectivity index (χ1n) is 6.10. The van der Waals surface area contributed by atoms with Crippen LogP contribution in [0.3, 0.4) is 0 Å². The molecule has 0 aliphatic heterocycles. The second kappa shape index (κ2) is 6.93. The van der Waals surface area contributed by atoms with Crippen LogP contribution >= 0.6 is 0 Å². The molecule has 2 heteroatoms. The molecule has 2 aromatic carbocycles. The fraction of sp³-hybridized carbons (Fsp3) is 0.0588. The van der Waals surface area contributed by atoms with Crippen LogP contribution in [0.4, 0.5) is 0 Å². The lowest BCUT2D eigenvalue weighted by molar-refractivity contribution is 1.07. The summed E-state index contributed by atoms with van der Waals surface area (Å²) in [5.74, 6) is 0. The molecule has 92 valence electrons. The smallest absolute Gasteiger partial charge is 0.135 e. The number of hydrogen-bond donors (Lipinski definition) is 0. The second-order valence-corrected chi connectivity index (χ2v) is 4.04. The Kier molecular flexibility index (Phi) is 4.66. The van der Waals surface area contributed by atoms with E-state index >= 15 is 0 Å². The molecule has 0 fully saturated rings. The van der Waals surface area contributed by atoms with Crippen LogP contribution in [0, 0.1) is 11.3 Å². The van der Waals surface area contributed by atoms with Crippen LogP contribution in [0.25, 0.3) is 6.08 Å². The second-order valence-electron chi connectivity index (χ2n) is 4.04. The monoisotopic (exact) mass is 246 g/mol. The summed E-state index contributed by atoms with van der Waals surface area (Å²) in [6.07, 6.45) is 3.64. The Bertz CT molecular complexity index is 605. The number of nitriles is 1. The zero-order valence-corrected chi connectivity index (χ0v) is 10.5. The molecule has 2 aromatic rings. The molecule has 0 saturated heterocycles. The number of benzene rings is 2. The third kappa shape index (κ3) is 4.25. The minimum absolute atomic E-state index is 0.438. The molecule has 0 aliphatic rings. The normalized spacial score (nSPS) is 11.4. The van der Waals surface area contributed by atoms with E-state index in [1.54, 1.807) is 6.08 Å². The Morgan fingerprint density at radius 1 is 1.00 bits per heavy atom. The lowest BCUT2D eigenvalue weighted by atomic mass is 10.2. The van der Waals surface area contributed by atoms with Crippen LogP contribution < -0.4 is 0 Å². The van der Waals surface area contributed by atoms with Gasteiger partial charge in [-0.05, 0) is 17.2 Å². The maximum Gasteiger partial charge on any atom is 0.135 e. The fourth-order valence-electron chi connectivity index (χ4n) is 1.62. The molecule has 0 unspecified atom stereocenters. The molecule has 0 N–H and O–H groups in total. The van der Waals surface area contributed by atoms with E-state index in [1.165, 1.54) is 0 Å². The molecule has 0 amide bonds. The Labute approximate surface area is 113 Å². The van der Waals surface area contributed by atoms with E-state index in [0.717, 1.165) is 11.1 Å². The summed E-state index contributed by atoms with van der Waals surface area (Å²) in [7, 11) is 0. The maximum absolute atomic E-state index is 9.05. The third-order valence-corrected chi connectivity index (χ3v) is 2.62. The van der Waals surface area contributed by atoms with Crippen molar-refractivity contribution >= 4 is 11.8 Å². The highest BCUT2D eigenvalue weighted by Crippen LogP contribution is 2.03. The largest absolute Gasteiger partial charge is 0.269 e. The first-order valence-corrected chi connectivity index (χ1v) is 6.10. The van der Waals surface area contributed by atoms with E-state index in [-0.39, 0.29) is 0 Å². The molecule has 0 bridgehead atoms. The van der Waals surface area contributed by atoms with Gasteiger partial charge in [-0.3, -0.25) is 4.99 Å². The van der Waals surface area contributed by atoms with Crippen LogP contribution in [0.5, 0.6) is 0 Å². The molecule has 0 aliphatic carbocycles. The van der Waals surface area contributed by atoms with Crippen molar-refractivity contribution in [3.05, 3.63) is 77.9 Å². The van der Waals surface area contributed by atoms with E-state index in [0.29, 0.717) is 12.3 Å². The van der Waals surface area contributed by atoms with E-state index in [2.05, 4.69) is 11.1 Å². The van der Waals surface area contributed by atoms with Crippen LogP contribution in [-0.4, -0.2) is 5.71 Å². The standard InChI is InChI=1S/C17H14N2/c18-13-17(12-11-15-7-3-1-4-8-15)19-14-16-9-5-2-6-10-16/h1-12H,14H2/b12-11+,19-17?. The van der Waals surface area contributed by atoms with Gasteiger partial charge in [0.25, 0.3) is 0 Å². The maximum atomic E-state index is 9.05.